The summed E-state index contributed by atoms with van der Waals surface area (Å²) in [4.78, 5) is 22.0. The van der Waals surface area contributed by atoms with Crippen LogP contribution in [0.4, 0.5) is 0 Å². The third-order valence-corrected chi connectivity index (χ3v) is 4.11. The first-order valence-corrected chi connectivity index (χ1v) is 8.48. The Kier molecular flexibility index (Phi) is 6.51. The highest BCUT2D eigenvalue weighted by Crippen LogP contribution is 2.08. The largest absolute Gasteiger partial charge is 0.744 e. The molecule has 0 fully saturated rings. The van der Waals surface area contributed by atoms with Crippen LogP contribution in [-0.2, 0) is 17.2 Å². The lowest BCUT2D eigenvalue weighted by molar-refractivity contribution is -0.675. The van der Waals surface area contributed by atoms with E-state index in [4.69, 9.17) is 0 Å². The Labute approximate surface area is 141 Å². The Balaban J connectivity index is 0.000000243. The van der Waals surface area contributed by atoms with Crippen LogP contribution in [0.25, 0.3) is 0 Å². The van der Waals surface area contributed by atoms with Gasteiger partial charge in [0.05, 0.1) is 4.90 Å². The molecule has 0 bridgehead atoms. The molecule has 2 aromatic rings. The number of aryl methyl sites for hydroxylation is 1. The van der Waals surface area contributed by atoms with Crippen molar-refractivity contribution in [3.8, 4) is 0 Å². The van der Waals surface area contributed by atoms with E-state index in [0.29, 0.717) is 11.4 Å². The quantitative estimate of drug-likeness (QED) is 0.478. The molecule has 0 spiro atoms. The van der Waals surface area contributed by atoms with E-state index in [1.165, 1.54) is 26.0 Å². The molecule has 1 heterocycles. The zero-order valence-corrected chi connectivity index (χ0v) is 14.8. The van der Waals surface area contributed by atoms with E-state index in [1.54, 1.807) is 41.9 Å². The maximum absolute atomic E-state index is 11.1. The number of benzene rings is 1. The Hall–Kier alpha value is -2.38. The number of carbonyl (C=O) groups excluding carboxylic acids is 2. The molecule has 24 heavy (non-hydrogen) atoms. The van der Waals surface area contributed by atoms with E-state index in [0.717, 1.165) is 5.56 Å². The topological polar surface area (TPSA) is 95.2 Å². The summed E-state index contributed by atoms with van der Waals surface area (Å²) in [5.74, 6) is -0.0730. The van der Waals surface area contributed by atoms with Crippen molar-refractivity contribution in [2.75, 3.05) is 0 Å². The second-order valence-corrected chi connectivity index (χ2v) is 6.61. The van der Waals surface area contributed by atoms with Crippen LogP contribution in [0.2, 0.25) is 0 Å². The van der Waals surface area contributed by atoms with Gasteiger partial charge in [0, 0.05) is 26.0 Å². The number of Topliss-reactive ketones (excluding diaryl/α,β-unsaturated/α-hetero) is 2. The summed E-state index contributed by atoms with van der Waals surface area (Å²) < 4.78 is 32.8. The van der Waals surface area contributed by atoms with Gasteiger partial charge in [-0.15, -0.1) is 0 Å². The highest BCUT2D eigenvalue weighted by molar-refractivity contribution is 7.85. The van der Waals surface area contributed by atoms with Gasteiger partial charge >= 0.3 is 0 Å². The molecule has 1 aromatic carbocycles. The van der Waals surface area contributed by atoms with Gasteiger partial charge in [0.2, 0.25) is 23.0 Å². The third kappa shape index (κ3) is 5.36. The van der Waals surface area contributed by atoms with Crippen LogP contribution in [0.1, 0.15) is 40.4 Å². The molecular formula is C17H19NO5S. The second-order valence-electron chi connectivity index (χ2n) is 5.23. The SMILES string of the molecule is CC(=O)c1cccc(C(C)=O)[n+]1C.Cc1ccc(S(=O)(=O)[O-])cc1. The minimum absolute atomic E-state index is 0.0365. The van der Waals surface area contributed by atoms with Gasteiger partial charge in [-0.25, -0.2) is 8.42 Å². The van der Waals surface area contributed by atoms with E-state index in [-0.39, 0.29) is 16.5 Å². The van der Waals surface area contributed by atoms with Crippen LogP contribution in [0.3, 0.4) is 0 Å². The fourth-order valence-electron chi connectivity index (χ4n) is 2.00. The van der Waals surface area contributed by atoms with Crippen molar-refractivity contribution < 1.29 is 27.1 Å². The standard InChI is InChI=1S/C10H12NO2.C7H8O3S/c1-7(12)9-5-4-6-10(8(2)13)11(9)3;1-6-2-4-7(5-3-6)11(8,9)10/h4-6H,1-3H3;2-5H,1H3,(H,8,9,10)/q+1;/p-1. The molecule has 0 aliphatic rings. The average molecular weight is 349 g/mol. The molecule has 0 radical (unpaired) electrons. The van der Waals surface area contributed by atoms with Crippen LogP contribution >= 0.6 is 0 Å². The lowest BCUT2D eigenvalue weighted by atomic mass is 10.2. The molecule has 2 rings (SSSR count). The van der Waals surface area contributed by atoms with Gasteiger partial charge in [0.15, 0.2) is 0 Å². The first-order chi connectivity index (χ1) is 11.0. The van der Waals surface area contributed by atoms with Crippen molar-refractivity contribution in [3.63, 3.8) is 0 Å². The lowest BCUT2D eigenvalue weighted by Gasteiger charge is -2.05. The molecule has 7 heteroatoms. The number of nitrogens with zero attached hydrogens (tertiary/aromatic N) is 1. The molecular weight excluding hydrogens is 330 g/mol. The molecule has 0 amide bonds. The third-order valence-electron chi connectivity index (χ3n) is 3.26. The molecule has 0 saturated heterocycles. The maximum Gasteiger partial charge on any atom is 0.248 e. The molecule has 0 aliphatic carbocycles. The van der Waals surface area contributed by atoms with Crippen LogP contribution in [0.15, 0.2) is 47.4 Å². The summed E-state index contributed by atoms with van der Waals surface area (Å²) >= 11 is 0. The van der Waals surface area contributed by atoms with Crippen molar-refractivity contribution in [2.24, 2.45) is 7.05 Å². The van der Waals surface area contributed by atoms with Gasteiger partial charge in [-0.3, -0.25) is 9.59 Å². The second kappa shape index (κ2) is 7.94. The Morgan fingerprint density at radius 3 is 1.67 bits per heavy atom. The molecule has 1 aromatic heterocycles. The van der Waals surface area contributed by atoms with Crippen LogP contribution in [-0.4, -0.2) is 24.5 Å². The van der Waals surface area contributed by atoms with Gasteiger partial charge < -0.3 is 4.55 Å². The zero-order chi connectivity index (χ0) is 18.5. The number of hydrogen-bond donors (Lipinski definition) is 0. The average Bonchev–Trinajstić information content (AvgIpc) is 2.47. The maximum atomic E-state index is 11.1. The van der Waals surface area contributed by atoms with Crippen LogP contribution in [0, 0.1) is 6.92 Å². The monoisotopic (exact) mass is 349 g/mol. The number of aromatic nitrogens is 1. The van der Waals surface area contributed by atoms with Gasteiger partial charge in [-0.05, 0) is 25.1 Å². The fourth-order valence-corrected chi connectivity index (χ4v) is 2.47. The summed E-state index contributed by atoms with van der Waals surface area (Å²) in [6, 6.07) is 10.9. The van der Waals surface area contributed by atoms with Crippen molar-refractivity contribution in [1.29, 1.82) is 0 Å². The number of rotatable bonds is 3. The van der Waals surface area contributed by atoms with Crippen molar-refractivity contribution in [1.82, 2.24) is 0 Å². The molecule has 0 aliphatic heterocycles. The number of carbonyl (C=O) groups is 2. The summed E-state index contributed by atoms with van der Waals surface area (Å²) in [5, 5.41) is 0. The first kappa shape index (κ1) is 19.7. The summed E-state index contributed by atoms with van der Waals surface area (Å²) in [7, 11) is -2.55. The highest BCUT2D eigenvalue weighted by Gasteiger charge is 2.18. The van der Waals surface area contributed by atoms with E-state index in [1.807, 2.05) is 6.92 Å². The fraction of sp³-hybridized carbons (Fsp3) is 0.235. The van der Waals surface area contributed by atoms with E-state index >= 15 is 0 Å². The first-order valence-electron chi connectivity index (χ1n) is 7.07. The molecule has 128 valence electrons. The predicted molar refractivity (Wildman–Crippen MR) is 86.8 cm³/mol. The van der Waals surface area contributed by atoms with Crippen molar-refractivity contribution >= 4 is 21.7 Å². The predicted octanol–water partition coefficient (Wildman–Crippen LogP) is 1.82. The van der Waals surface area contributed by atoms with Crippen LogP contribution in [0.5, 0.6) is 0 Å². The van der Waals surface area contributed by atoms with Gasteiger partial charge in [-0.2, -0.15) is 4.57 Å². The highest BCUT2D eigenvalue weighted by atomic mass is 32.2. The van der Waals surface area contributed by atoms with Crippen molar-refractivity contribution in [3.05, 3.63) is 59.4 Å². The smallest absolute Gasteiger partial charge is 0.248 e. The van der Waals surface area contributed by atoms with E-state index in [2.05, 4.69) is 0 Å². The van der Waals surface area contributed by atoms with E-state index < -0.39 is 10.1 Å². The summed E-state index contributed by atoms with van der Waals surface area (Å²) in [6.07, 6.45) is 0. The molecule has 0 unspecified atom stereocenters. The zero-order valence-electron chi connectivity index (χ0n) is 13.9. The molecule has 0 atom stereocenters. The van der Waals surface area contributed by atoms with Crippen molar-refractivity contribution in [2.45, 2.75) is 25.7 Å². The number of pyridine rings is 1. The summed E-state index contributed by atoms with van der Waals surface area (Å²) in [5.41, 5.74) is 2.03. The van der Waals surface area contributed by atoms with Gasteiger partial charge in [0.25, 0.3) is 0 Å². The van der Waals surface area contributed by atoms with Crippen LogP contribution < -0.4 is 4.57 Å². The Morgan fingerprint density at radius 1 is 0.917 bits per heavy atom. The number of hydrogen-bond acceptors (Lipinski definition) is 5. The van der Waals surface area contributed by atoms with Gasteiger partial charge in [0.1, 0.15) is 17.2 Å². The summed E-state index contributed by atoms with van der Waals surface area (Å²) in [6.45, 7) is 4.79. The molecule has 6 nitrogen and oxygen atoms in total. The minimum atomic E-state index is -4.27. The van der Waals surface area contributed by atoms with E-state index in [9.17, 15) is 22.6 Å². The Bertz CT molecular complexity index is 823. The number of ketones is 2. The van der Waals surface area contributed by atoms with Gasteiger partial charge in [-0.1, -0.05) is 17.7 Å². The normalized spacial score (nSPS) is 10.5. The molecule has 0 saturated carbocycles. The lowest BCUT2D eigenvalue weighted by Crippen LogP contribution is -2.41. The molecule has 0 N–H and O–H groups in total. The minimum Gasteiger partial charge on any atom is -0.744 e. The Morgan fingerprint density at radius 2 is 1.33 bits per heavy atom.